The third kappa shape index (κ3) is 2.67. The number of aliphatic hydroxyl groups is 1. The lowest BCUT2D eigenvalue weighted by Crippen LogP contribution is -2.25. The first kappa shape index (κ1) is 11.5. The van der Waals surface area contributed by atoms with Crippen LogP contribution in [0.2, 0.25) is 0 Å². The molecule has 0 aliphatic rings. The molecule has 0 atom stereocenters. The Hall–Kier alpha value is -1.60. The summed E-state index contributed by atoms with van der Waals surface area (Å²) in [5.41, 5.74) is 2.47. The summed E-state index contributed by atoms with van der Waals surface area (Å²) < 4.78 is 0. The van der Waals surface area contributed by atoms with Crippen molar-refractivity contribution in [2.75, 3.05) is 24.6 Å². The van der Waals surface area contributed by atoms with Crippen LogP contribution < -0.4 is 4.90 Å². The van der Waals surface area contributed by atoms with Crippen LogP contribution in [0.15, 0.2) is 18.2 Å². The quantitative estimate of drug-likeness (QED) is 0.769. The van der Waals surface area contributed by atoms with E-state index in [1.807, 2.05) is 36.9 Å². The molecule has 1 rings (SSSR count). The van der Waals surface area contributed by atoms with E-state index >= 15 is 0 Å². The molecule has 1 aromatic rings. The maximum absolute atomic E-state index is 8.90. The van der Waals surface area contributed by atoms with E-state index in [-0.39, 0.29) is 6.61 Å². The normalized spacial score (nSPS) is 9.73. The topological polar surface area (TPSA) is 51.6 Å². The maximum Gasteiger partial charge on any atom is 0.389 e. The molecule has 0 aromatic heterocycles. The van der Waals surface area contributed by atoms with Crippen LogP contribution in [0.4, 0.5) is 11.4 Å². The molecule has 0 radical (unpaired) electrons. The van der Waals surface area contributed by atoms with Gasteiger partial charge in [-0.2, -0.15) is 0 Å². The Morgan fingerprint density at radius 2 is 2.20 bits per heavy atom. The molecule has 0 heterocycles. The van der Waals surface area contributed by atoms with E-state index in [0.29, 0.717) is 12.2 Å². The first-order valence-corrected chi connectivity index (χ1v) is 5.04. The smallest absolute Gasteiger partial charge is 0.389 e. The average Bonchev–Trinajstić information content (AvgIpc) is 2.27. The number of hydrogen-bond donors (Lipinski definition) is 1. The minimum atomic E-state index is 0.118. The Morgan fingerprint density at radius 3 is 2.73 bits per heavy atom. The van der Waals surface area contributed by atoms with Crippen molar-refractivity contribution < 1.29 is 5.11 Å². The van der Waals surface area contributed by atoms with Gasteiger partial charge in [-0.15, -0.1) is 0 Å². The van der Waals surface area contributed by atoms with E-state index in [1.165, 1.54) is 0 Å². The summed E-state index contributed by atoms with van der Waals surface area (Å²) in [6.45, 7) is 5.43. The van der Waals surface area contributed by atoms with Crippen LogP contribution in [0.1, 0.15) is 12.5 Å². The fourth-order valence-electron chi connectivity index (χ4n) is 1.49. The third-order valence-corrected chi connectivity index (χ3v) is 2.42. The number of rotatable bonds is 4. The van der Waals surface area contributed by atoms with Gasteiger partial charge in [0.25, 0.3) is 0 Å². The predicted octanol–water partition coefficient (Wildman–Crippen LogP) is 2.30. The third-order valence-electron chi connectivity index (χ3n) is 2.42. The number of benzene rings is 1. The van der Waals surface area contributed by atoms with Crippen LogP contribution in [0.5, 0.6) is 0 Å². The van der Waals surface area contributed by atoms with Gasteiger partial charge in [0, 0.05) is 24.3 Å². The second-order valence-corrected chi connectivity index (χ2v) is 3.37. The minimum absolute atomic E-state index is 0.118. The predicted molar refractivity (Wildman–Crippen MR) is 60.9 cm³/mol. The molecular weight excluding hydrogens is 190 g/mol. The van der Waals surface area contributed by atoms with Crippen LogP contribution >= 0.6 is 0 Å². The van der Waals surface area contributed by atoms with Gasteiger partial charge in [0.1, 0.15) is 0 Å². The van der Waals surface area contributed by atoms with Crippen molar-refractivity contribution >= 4 is 11.4 Å². The van der Waals surface area contributed by atoms with Crippen LogP contribution in [-0.2, 0) is 0 Å². The van der Waals surface area contributed by atoms with Crippen molar-refractivity contribution in [2.24, 2.45) is 0 Å². The molecule has 0 saturated carbocycles. The summed E-state index contributed by atoms with van der Waals surface area (Å²) in [5.74, 6) is 0. The molecule has 0 aliphatic heterocycles. The molecule has 0 aliphatic carbocycles. The second kappa shape index (κ2) is 5.32. The van der Waals surface area contributed by atoms with Crippen molar-refractivity contribution in [2.45, 2.75) is 13.8 Å². The molecule has 0 amide bonds. The zero-order valence-electron chi connectivity index (χ0n) is 9.14. The molecule has 1 N–H and O–H groups in total. The number of hydrogen-bond acceptors (Lipinski definition) is 3. The summed E-state index contributed by atoms with van der Waals surface area (Å²) in [5, 5.41) is 17.7. The van der Waals surface area contributed by atoms with E-state index in [1.54, 1.807) is 0 Å². The number of nitrogens with zero attached hydrogens (tertiary/aromatic N) is 3. The molecule has 0 unspecified atom stereocenters. The van der Waals surface area contributed by atoms with Crippen LogP contribution in [-0.4, -0.2) is 24.8 Å². The van der Waals surface area contributed by atoms with Gasteiger partial charge in [0.2, 0.25) is 5.39 Å². The number of likely N-dealkylation sites (N-methyl/N-ethyl adjacent to an activating group) is 1. The highest BCUT2D eigenvalue weighted by Crippen LogP contribution is 2.25. The van der Waals surface area contributed by atoms with E-state index in [2.05, 4.69) is 4.98 Å². The van der Waals surface area contributed by atoms with Gasteiger partial charge >= 0.3 is 5.69 Å². The summed E-state index contributed by atoms with van der Waals surface area (Å²) in [4.78, 5) is 5.24. The average molecular weight is 206 g/mol. The molecule has 0 bridgehead atoms. The van der Waals surface area contributed by atoms with Crippen LogP contribution in [0.3, 0.4) is 0 Å². The molecule has 0 spiro atoms. The highest BCUT2D eigenvalue weighted by Gasteiger charge is 2.13. The minimum Gasteiger partial charge on any atom is -0.395 e. The monoisotopic (exact) mass is 206 g/mol. The van der Waals surface area contributed by atoms with Gasteiger partial charge in [-0.05, 0) is 26.0 Å². The Morgan fingerprint density at radius 1 is 1.47 bits per heavy atom. The summed E-state index contributed by atoms with van der Waals surface area (Å²) in [7, 11) is 0. The van der Waals surface area contributed by atoms with Crippen molar-refractivity contribution in [3.05, 3.63) is 28.7 Å². The van der Waals surface area contributed by atoms with E-state index in [4.69, 9.17) is 10.5 Å². The second-order valence-electron chi connectivity index (χ2n) is 3.37. The van der Waals surface area contributed by atoms with Gasteiger partial charge < -0.3 is 10.0 Å². The summed E-state index contributed by atoms with van der Waals surface area (Å²) in [6.07, 6.45) is 0. The van der Waals surface area contributed by atoms with Crippen molar-refractivity contribution in [3.8, 4) is 0 Å². The zero-order valence-corrected chi connectivity index (χ0v) is 9.14. The van der Waals surface area contributed by atoms with Gasteiger partial charge in [-0.3, -0.25) is 0 Å². The Balaban J connectivity index is 2.99. The number of diazo groups is 1. The summed E-state index contributed by atoms with van der Waals surface area (Å²) in [6, 6.07) is 5.68. The van der Waals surface area contributed by atoms with E-state index in [9.17, 15) is 0 Å². The van der Waals surface area contributed by atoms with Crippen molar-refractivity contribution in [1.82, 2.24) is 0 Å². The van der Waals surface area contributed by atoms with Gasteiger partial charge in [0.15, 0.2) is 4.98 Å². The van der Waals surface area contributed by atoms with Crippen LogP contribution in [0.25, 0.3) is 4.98 Å². The molecule has 80 valence electrons. The highest BCUT2D eigenvalue weighted by atomic mass is 16.3. The van der Waals surface area contributed by atoms with Gasteiger partial charge in [0.05, 0.1) is 12.7 Å². The molecule has 15 heavy (non-hydrogen) atoms. The molecule has 1 aromatic carbocycles. The number of aliphatic hydroxyl groups excluding tert-OH is 1. The molecule has 0 saturated heterocycles. The van der Waals surface area contributed by atoms with Gasteiger partial charge in [-0.1, -0.05) is 0 Å². The maximum atomic E-state index is 8.90. The summed E-state index contributed by atoms with van der Waals surface area (Å²) >= 11 is 0. The lowest BCUT2D eigenvalue weighted by Gasteiger charge is -2.21. The SMILES string of the molecule is CCN(CCO)c1ccc(C)c([N+]#N)c1. The molecular formula is C11H16N3O+. The van der Waals surface area contributed by atoms with Crippen molar-refractivity contribution in [3.63, 3.8) is 0 Å². The highest BCUT2D eigenvalue weighted by molar-refractivity contribution is 5.62. The van der Waals surface area contributed by atoms with E-state index < -0.39 is 0 Å². The fourth-order valence-corrected chi connectivity index (χ4v) is 1.49. The Kier molecular flexibility index (Phi) is 4.07. The molecule has 0 fully saturated rings. The molecule has 4 nitrogen and oxygen atoms in total. The van der Waals surface area contributed by atoms with Gasteiger partial charge in [-0.25, -0.2) is 0 Å². The first-order chi connectivity index (χ1) is 7.22. The van der Waals surface area contributed by atoms with E-state index in [0.717, 1.165) is 17.8 Å². The fraction of sp³-hybridized carbons (Fsp3) is 0.455. The number of aryl methyl sites for hydroxylation is 1. The number of anilines is 1. The van der Waals surface area contributed by atoms with Crippen LogP contribution in [0, 0.1) is 12.3 Å². The zero-order chi connectivity index (χ0) is 11.3. The van der Waals surface area contributed by atoms with Crippen molar-refractivity contribution in [1.29, 1.82) is 5.39 Å². The Labute approximate surface area is 89.8 Å². The Bertz CT molecular complexity index is 371. The standard InChI is InChI=1S/C11H16N3O/c1-3-14(6-7-15)10-5-4-9(2)11(8-10)13-12/h4-5,8,15H,3,6-7H2,1-2H3/q+1. The lowest BCUT2D eigenvalue weighted by molar-refractivity contribution is 0.302. The lowest BCUT2D eigenvalue weighted by atomic mass is 10.1. The largest absolute Gasteiger partial charge is 0.395 e. The first-order valence-electron chi connectivity index (χ1n) is 5.04. The molecule has 4 heteroatoms.